The van der Waals surface area contributed by atoms with E-state index in [0.29, 0.717) is 28.4 Å². The first kappa shape index (κ1) is 21.0. The van der Waals surface area contributed by atoms with Crippen LogP contribution in [0, 0.1) is 10.1 Å². The number of nitro groups is 1. The third kappa shape index (κ3) is 4.30. The molecule has 3 aromatic carbocycles. The molecular weight excluding hydrogens is 534 g/mol. The van der Waals surface area contributed by atoms with Crippen LogP contribution in [0.15, 0.2) is 66.9 Å². The van der Waals surface area contributed by atoms with E-state index in [1.165, 1.54) is 18.3 Å². The molecule has 4 rings (SSSR count). The van der Waals surface area contributed by atoms with Crippen LogP contribution in [0.2, 0.25) is 0 Å². The van der Waals surface area contributed by atoms with E-state index in [1.807, 2.05) is 18.2 Å². The summed E-state index contributed by atoms with van der Waals surface area (Å²) >= 11 is 6.49. The Balaban J connectivity index is 1.66. The van der Waals surface area contributed by atoms with Gasteiger partial charge in [-0.05, 0) is 57.9 Å². The van der Waals surface area contributed by atoms with Gasteiger partial charge in [-0.2, -0.15) is 0 Å². The van der Waals surface area contributed by atoms with Crippen LogP contribution in [-0.2, 0) is 0 Å². The highest BCUT2D eigenvalue weighted by Crippen LogP contribution is 2.33. The first-order valence-corrected chi connectivity index (χ1v) is 10.4. The Morgan fingerprint density at radius 1 is 1.13 bits per heavy atom. The molecule has 8 nitrogen and oxygen atoms in total. The third-order valence-corrected chi connectivity index (χ3v) is 5.60. The van der Waals surface area contributed by atoms with Gasteiger partial charge >= 0.3 is 0 Å². The number of hydrogen-bond acceptors (Lipinski definition) is 7. The molecular formula is C21H12Br2N3O5-. The molecule has 0 saturated heterocycles. The maximum atomic E-state index is 12.2. The molecule has 156 valence electrons. The summed E-state index contributed by atoms with van der Waals surface area (Å²) in [4.78, 5) is 19.2. The fraction of sp³-hybridized carbons (Fsp3) is 0.0476. The van der Waals surface area contributed by atoms with Gasteiger partial charge in [-0.15, -0.1) is 0 Å². The van der Waals surface area contributed by atoms with E-state index in [9.17, 15) is 15.2 Å². The van der Waals surface area contributed by atoms with Gasteiger partial charge in [0.05, 0.1) is 22.2 Å². The zero-order valence-electron chi connectivity index (χ0n) is 15.8. The fourth-order valence-electron chi connectivity index (χ4n) is 2.86. The van der Waals surface area contributed by atoms with E-state index < -0.39 is 4.92 Å². The van der Waals surface area contributed by atoms with Crippen molar-refractivity contribution < 1.29 is 19.2 Å². The van der Waals surface area contributed by atoms with Gasteiger partial charge in [-0.1, -0.05) is 21.7 Å². The van der Waals surface area contributed by atoms with Crippen molar-refractivity contribution in [2.75, 3.05) is 7.11 Å². The molecule has 0 radical (unpaired) electrons. The van der Waals surface area contributed by atoms with Gasteiger partial charge in [0.2, 0.25) is 5.89 Å². The van der Waals surface area contributed by atoms with Crippen LogP contribution in [0.1, 0.15) is 5.56 Å². The van der Waals surface area contributed by atoms with Crippen molar-refractivity contribution in [2.24, 2.45) is 4.99 Å². The molecule has 0 N–H and O–H groups in total. The molecule has 0 saturated carbocycles. The Hall–Kier alpha value is -3.24. The summed E-state index contributed by atoms with van der Waals surface area (Å²) in [6.45, 7) is 0. The number of methoxy groups -OCH3 is 1. The summed E-state index contributed by atoms with van der Waals surface area (Å²) in [6, 6.07) is 13.0. The number of rotatable bonds is 5. The number of ether oxygens (including phenoxy) is 1. The molecule has 0 bridgehead atoms. The lowest BCUT2D eigenvalue weighted by atomic mass is 10.2. The molecule has 0 unspecified atom stereocenters. The van der Waals surface area contributed by atoms with Crippen molar-refractivity contribution in [2.45, 2.75) is 0 Å². The number of aliphatic imine (C=N–C) groups is 1. The summed E-state index contributed by atoms with van der Waals surface area (Å²) in [6.07, 6.45) is 1.29. The zero-order chi connectivity index (χ0) is 22.1. The highest BCUT2D eigenvalue weighted by atomic mass is 79.9. The Morgan fingerprint density at radius 2 is 1.94 bits per heavy atom. The van der Waals surface area contributed by atoms with Crippen molar-refractivity contribution in [1.29, 1.82) is 0 Å². The topological polar surface area (TPSA) is 114 Å². The SMILES string of the molecule is COc1ccc(-c2nc3cc(N=Cc4cc([N+](=O)[O-])cc(Br)c4[O-])ccc3o2)cc1Br. The number of oxazole rings is 1. The van der Waals surface area contributed by atoms with Gasteiger partial charge in [0.15, 0.2) is 5.58 Å². The maximum Gasteiger partial charge on any atom is 0.271 e. The number of aromatic nitrogens is 1. The van der Waals surface area contributed by atoms with E-state index in [0.717, 1.165) is 10.0 Å². The Bertz CT molecular complexity index is 1350. The first-order chi connectivity index (χ1) is 14.9. The van der Waals surface area contributed by atoms with Crippen LogP contribution in [0.5, 0.6) is 11.5 Å². The molecule has 0 fully saturated rings. The number of fused-ring (bicyclic) bond motifs is 1. The Labute approximate surface area is 192 Å². The molecule has 0 amide bonds. The summed E-state index contributed by atoms with van der Waals surface area (Å²) in [7, 11) is 1.59. The summed E-state index contributed by atoms with van der Waals surface area (Å²) < 4.78 is 11.9. The number of halogens is 2. The summed E-state index contributed by atoms with van der Waals surface area (Å²) in [5, 5.41) is 23.2. The van der Waals surface area contributed by atoms with E-state index in [1.54, 1.807) is 25.3 Å². The molecule has 31 heavy (non-hydrogen) atoms. The smallest absolute Gasteiger partial charge is 0.271 e. The number of nitro benzene ring substituents is 1. The predicted octanol–water partition coefficient (Wildman–Crippen LogP) is 5.76. The van der Waals surface area contributed by atoms with Gasteiger partial charge in [0.25, 0.3) is 5.69 Å². The number of nitrogens with zero attached hydrogens (tertiary/aromatic N) is 3. The number of non-ortho nitro benzene ring substituents is 1. The summed E-state index contributed by atoms with van der Waals surface area (Å²) in [5.74, 6) is 0.746. The quantitative estimate of drug-likeness (QED) is 0.179. The molecule has 0 aliphatic carbocycles. The van der Waals surface area contributed by atoms with Gasteiger partial charge in [-0.3, -0.25) is 15.1 Å². The first-order valence-electron chi connectivity index (χ1n) is 8.79. The second-order valence-electron chi connectivity index (χ2n) is 6.38. The zero-order valence-corrected chi connectivity index (χ0v) is 19.0. The van der Waals surface area contributed by atoms with Gasteiger partial charge in [-0.25, -0.2) is 4.98 Å². The molecule has 1 heterocycles. The van der Waals surface area contributed by atoms with E-state index in [-0.39, 0.29) is 21.5 Å². The third-order valence-electron chi connectivity index (χ3n) is 4.39. The molecule has 0 aliphatic rings. The van der Waals surface area contributed by atoms with Crippen molar-refractivity contribution in [3.63, 3.8) is 0 Å². The van der Waals surface area contributed by atoms with Gasteiger partial charge in [0, 0.05) is 28.4 Å². The van der Waals surface area contributed by atoms with Crippen LogP contribution in [-0.4, -0.2) is 23.2 Å². The highest BCUT2D eigenvalue weighted by Gasteiger charge is 2.12. The van der Waals surface area contributed by atoms with Crippen LogP contribution in [0.25, 0.3) is 22.6 Å². The minimum atomic E-state index is -0.567. The van der Waals surface area contributed by atoms with Crippen LogP contribution < -0.4 is 9.84 Å². The lowest BCUT2D eigenvalue weighted by molar-refractivity contribution is -0.385. The highest BCUT2D eigenvalue weighted by molar-refractivity contribution is 9.10. The molecule has 0 aliphatic heterocycles. The van der Waals surface area contributed by atoms with E-state index in [4.69, 9.17) is 9.15 Å². The van der Waals surface area contributed by atoms with E-state index >= 15 is 0 Å². The standard InChI is InChI=1S/C21H13Br2N3O5/c1-30-18-4-2-11(7-15(18)22)21-25-17-8-13(3-5-19(17)31-21)24-10-12-6-14(26(28)29)9-16(23)20(12)27/h2-10,27H,1H3/p-1. The lowest BCUT2D eigenvalue weighted by Crippen LogP contribution is -1.99. The molecule has 0 atom stereocenters. The van der Waals surface area contributed by atoms with E-state index in [2.05, 4.69) is 41.8 Å². The predicted molar refractivity (Wildman–Crippen MR) is 121 cm³/mol. The second-order valence-corrected chi connectivity index (χ2v) is 8.09. The average Bonchev–Trinajstić information content (AvgIpc) is 3.18. The minimum absolute atomic E-state index is 0.102. The van der Waals surface area contributed by atoms with Crippen LogP contribution >= 0.6 is 31.9 Å². The normalized spacial score (nSPS) is 11.3. The fourth-order valence-corrected chi connectivity index (χ4v) is 3.87. The maximum absolute atomic E-state index is 12.2. The van der Waals surface area contributed by atoms with Crippen molar-refractivity contribution in [3.05, 3.63) is 73.2 Å². The average molecular weight is 546 g/mol. The minimum Gasteiger partial charge on any atom is -0.871 e. The molecule has 0 spiro atoms. The lowest BCUT2D eigenvalue weighted by Gasteiger charge is -2.12. The van der Waals surface area contributed by atoms with Crippen LogP contribution in [0.3, 0.4) is 0 Å². The molecule has 4 aromatic rings. The van der Waals surface area contributed by atoms with Gasteiger partial charge < -0.3 is 14.3 Å². The second kappa shape index (κ2) is 8.48. The van der Waals surface area contributed by atoms with Crippen molar-refractivity contribution in [3.8, 4) is 23.0 Å². The van der Waals surface area contributed by atoms with Crippen molar-refractivity contribution in [1.82, 2.24) is 4.98 Å². The van der Waals surface area contributed by atoms with Gasteiger partial charge in [0.1, 0.15) is 11.3 Å². The number of benzene rings is 3. The largest absolute Gasteiger partial charge is 0.871 e. The Kier molecular flexibility index (Phi) is 5.75. The molecule has 1 aromatic heterocycles. The Morgan fingerprint density at radius 3 is 2.65 bits per heavy atom. The molecule has 10 heteroatoms. The number of hydrogen-bond donors (Lipinski definition) is 0. The monoisotopic (exact) mass is 544 g/mol. The van der Waals surface area contributed by atoms with Crippen LogP contribution in [0.4, 0.5) is 11.4 Å². The summed E-state index contributed by atoms with van der Waals surface area (Å²) in [5.41, 5.74) is 2.35. The van der Waals surface area contributed by atoms with Crippen molar-refractivity contribution >= 4 is 60.5 Å².